The van der Waals surface area contributed by atoms with Crippen molar-refractivity contribution >= 4 is 15.9 Å². The molecule has 0 heterocycles. The second-order valence-electron chi connectivity index (χ2n) is 5.90. The van der Waals surface area contributed by atoms with E-state index >= 15 is 0 Å². The Kier molecular flexibility index (Phi) is 5.88. The highest BCUT2D eigenvalue weighted by Gasteiger charge is 2.10. The van der Waals surface area contributed by atoms with E-state index in [1.807, 2.05) is 20.8 Å². The van der Waals surface area contributed by atoms with Gasteiger partial charge in [0.2, 0.25) is 15.9 Å². The number of nitrogens with one attached hydrogen (secondary N) is 2. The van der Waals surface area contributed by atoms with Crippen LogP contribution in [0.4, 0.5) is 0 Å². The lowest BCUT2D eigenvalue weighted by Crippen LogP contribution is -2.38. The number of nitrogens with two attached hydrogens (primary N) is 1. The zero-order valence-corrected chi connectivity index (χ0v) is 13.5. The lowest BCUT2D eigenvalue weighted by molar-refractivity contribution is -0.121. The molecule has 0 radical (unpaired) electrons. The van der Waals surface area contributed by atoms with Crippen LogP contribution in [0, 0.1) is 0 Å². The van der Waals surface area contributed by atoms with Crippen molar-refractivity contribution in [2.24, 2.45) is 5.14 Å². The Morgan fingerprint density at radius 2 is 1.95 bits per heavy atom. The first kappa shape index (κ1) is 17.6. The third-order valence-electron chi connectivity index (χ3n) is 2.72. The van der Waals surface area contributed by atoms with Crippen LogP contribution in [0.5, 0.6) is 0 Å². The van der Waals surface area contributed by atoms with Crippen LogP contribution in [-0.2, 0) is 21.4 Å². The predicted octanol–water partition coefficient (Wildman–Crippen LogP) is 0.728. The van der Waals surface area contributed by atoms with Crippen molar-refractivity contribution in [3.63, 3.8) is 0 Å². The minimum absolute atomic E-state index is 0.0237. The summed E-state index contributed by atoms with van der Waals surface area (Å²) in [5.74, 6) is -0.0900. The minimum atomic E-state index is -3.72. The molecule has 0 unspecified atom stereocenters. The fraction of sp³-hybridized carbons (Fsp3) is 0.500. The number of primary sulfonamides is 1. The molecule has 118 valence electrons. The standard InChI is InChI=1S/C14H23N3O3S/c1-14(2,3)17-8-7-13(18)16-10-11-5-4-6-12(9-11)21(15,19)20/h4-6,9,17H,7-8,10H2,1-3H3,(H,16,18)(H2,15,19,20). The SMILES string of the molecule is CC(C)(C)NCCC(=O)NCc1cccc(S(N)(=O)=O)c1. The van der Waals surface area contributed by atoms with Crippen LogP contribution in [0.2, 0.25) is 0 Å². The monoisotopic (exact) mass is 313 g/mol. The molecule has 0 saturated heterocycles. The number of hydrogen-bond acceptors (Lipinski definition) is 4. The Bertz CT molecular complexity index is 592. The van der Waals surface area contributed by atoms with Gasteiger partial charge in [-0.05, 0) is 38.5 Å². The largest absolute Gasteiger partial charge is 0.352 e. The summed E-state index contributed by atoms with van der Waals surface area (Å²) in [6, 6.07) is 6.22. The van der Waals surface area contributed by atoms with Gasteiger partial charge in [-0.1, -0.05) is 12.1 Å². The maximum Gasteiger partial charge on any atom is 0.238 e. The van der Waals surface area contributed by atoms with Crippen molar-refractivity contribution in [2.75, 3.05) is 6.54 Å². The van der Waals surface area contributed by atoms with Crippen molar-refractivity contribution in [2.45, 2.75) is 44.2 Å². The Balaban J connectivity index is 2.47. The quantitative estimate of drug-likeness (QED) is 0.720. The fourth-order valence-corrected chi connectivity index (χ4v) is 2.26. The third-order valence-corrected chi connectivity index (χ3v) is 3.64. The number of benzene rings is 1. The molecule has 0 saturated carbocycles. The summed E-state index contributed by atoms with van der Waals surface area (Å²) in [6.07, 6.45) is 0.367. The van der Waals surface area contributed by atoms with E-state index in [0.717, 1.165) is 0 Å². The topological polar surface area (TPSA) is 101 Å². The van der Waals surface area contributed by atoms with Gasteiger partial charge in [-0.3, -0.25) is 4.79 Å². The van der Waals surface area contributed by atoms with E-state index in [-0.39, 0.29) is 22.9 Å². The summed E-state index contributed by atoms with van der Waals surface area (Å²) >= 11 is 0. The molecule has 0 aliphatic carbocycles. The minimum Gasteiger partial charge on any atom is -0.352 e. The van der Waals surface area contributed by atoms with Gasteiger partial charge in [0.15, 0.2) is 0 Å². The summed E-state index contributed by atoms with van der Waals surface area (Å²) in [7, 11) is -3.72. The zero-order valence-electron chi connectivity index (χ0n) is 12.6. The summed E-state index contributed by atoms with van der Waals surface area (Å²) in [4.78, 5) is 11.7. The van der Waals surface area contributed by atoms with E-state index < -0.39 is 10.0 Å². The molecule has 0 aliphatic rings. The first-order valence-corrected chi connectivity index (χ1v) is 8.26. The zero-order chi connectivity index (χ0) is 16.1. The average molecular weight is 313 g/mol. The molecule has 1 rings (SSSR count). The van der Waals surface area contributed by atoms with Crippen molar-refractivity contribution in [3.05, 3.63) is 29.8 Å². The number of amides is 1. The second-order valence-corrected chi connectivity index (χ2v) is 7.46. The van der Waals surface area contributed by atoms with Crippen LogP contribution in [-0.4, -0.2) is 26.4 Å². The van der Waals surface area contributed by atoms with Crippen molar-refractivity contribution in [1.82, 2.24) is 10.6 Å². The molecule has 0 bridgehead atoms. The normalized spacial score (nSPS) is 12.2. The van der Waals surface area contributed by atoms with Gasteiger partial charge in [-0.2, -0.15) is 0 Å². The molecule has 1 aromatic rings. The Hall–Kier alpha value is -1.44. The third kappa shape index (κ3) is 7.22. The van der Waals surface area contributed by atoms with E-state index in [1.54, 1.807) is 12.1 Å². The highest BCUT2D eigenvalue weighted by Crippen LogP contribution is 2.09. The number of hydrogen-bond donors (Lipinski definition) is 3. The molecular formula is C14H23N3O3S. The molecule has 0 fully saturated rings. The van der Waals surface area contributed by atoms with Crippen LogP contribution in [0.3, 0.4) is 0 Å². The predicted molar refractivity (Wildman–Crippen MR) is 82.0 cm³/mol. The first-order valence-electron chi connectivity index (χ1n) is 6.71. The van der Waals surface area contributed by atoms with Crippen LogP contribution in [0.1, 0.15) is 32.8 Å². The van der Waals surface area contributed by atoms with E-state index in [1.165, 1.54) is 12.1 Å². The number of carbonyl (C=O) groups excluding carboxylic acids is 1. The number of carbonyl (C=O) groups is 1. The Labute approximate surface area is 126 Å². The summed E-state index contributed by atoms with van der Waals surface area (Å²) in [5, 5.41) is 11.0. The van der Waals surface area contributed by atoms with Crippen LogP contribution in [0.25, 0.3) is 0 Å². The molecule has 6 nitrogen and oxygen atoms in total. The molecule has 0 spiro atoms. The highest BCUT2D eigenvalue weighted by atomic mass is 32.2. The molecule has 0 aromatic heterocycles. The van der Waals surface area contributed by atoms with E-state index in [2.05, 4.69) is 10.6 Å². The average Bonchev–Trinajstić information content (AvgIpc) is 2.34. The summed E-state index contributed by atoms with van der Waals surface area (Å²) in [6.45, 7) is 6.96. The van der Waals surface area contributed by atoms with Crippen molar-refractivity contribution in [1.29, 1.82) is 0 Å². The van der Waals surface area contributed by atoms with Gasteiger partial charge in [0.25, 0.3) is 0 Å². The van der Waals surface area contributed by atoms with Gasteiger partial charge in [0.1, 0.15) is 0 Å². The van der Waals surface area contributed by atoms with Crippen LogP contribution in [0.15, 0.2) is 29.2 Å². The van der Waals surface area contributed by atoms with Gasteiger partial charge in [0.05, 0.1) is 4.90 Å². The van der Waals surface area contributed by atoms with Gasteiger partial charge < -0.3 is 10.6 Å². The second kappa shape index (κ2) is 7.02. The van der Waals surface area contributed by atoms with Crippen LogP contribution >= 0.6 is 0 Å². The van der Waals surface area contributed by atoms with Gasteiger partial charge in [-0.15, -0.1) is 0 Å². The maximum atomic E-state index is 11.7. The Morgan fingerprint density at radius 1 is 1.29 bits per heavy atom. The van der Waals surface area contributed by atoms with Gasteiger partial charge >= 0.3 is 0 Å². The van der Waals surface area contributed by atoms with Crippen molar-refractivity contribution < 1.29 is 13.2 Å². The Morgan fingerprint density at radius 3 is 2.52 bits per heavy atom. The molecule has 21 heavy (non-hydrogen) atoms. The van der Waals surface area contributed by atoms with Crippen LogP contribution < -0.4 is 15.8 Å². The molecule has 0 atom stereocenters. The molecule has 1 amide bonds. The first-order chi connectivity index (χ1) is 9.58. The highest BCUT2D eigenvalue weighted by molar-refractivity contribution is 7.89. The molecule has 1 aromatic carbocycles. The number of sulfonamides is 1. The molecular weight excluding hydrogens is 290 g/mol. The maximum absolute atomic E-state index is 11.7. The molecule has 0 aliphatic heterocycles. The number of rotatable bonds is 6. The van der Waals surface area contributed by atoms with Crippen molar-refractivity contribution in [3.8, 4) is 0 Å². The van der Waals surface area contributed by atoms with E-state index in [0.29, 0.717) is 18.5 Å². The van der Waals surface area contributed by atoms with Gasteiger partial charge in [0, 0.05) is 25.0 Å². The fourth-order valence-electron chi connectivity index (χ4n) is 1.67. The lowest BCUT2D eigenvalue weighted by Gasteiger charge is -2.20. The smallest absolute Gasteiger partial charge is 0.238 e. The molecule has 7 heteroatoms. The van der Waals surface area contributed by atoms with Gasteiger partial charge in [-0.25, -0.2) is 13.6 Å². The van der Waals surface area contributed by atoms with E-state index in [9.17, 15) is 13.2 Å². The molecule has 4 N–H and O–H groups in total. The van der Waals surface area contributed by atoms with E-state index in [4.69, 9.17) is 5.14 Å². The summed E-state index contributed by atoms with van der Waals surface area (Å²) < 4.78 is 22.5. The summed E-state index contributed by atoms with van der Waals surface area (Å²) in [5.41, 5.74) is 0.669. The lowest BCUT2D eigenvalue weighted by atomic mass is 10.1.